The minimum atomic E-state index is 0.0133. The van der Waals surface area contributed by atoms with E-state index in [2.05, 4.69) is 4.90 Å². The molecular weight excluding hydrogens is 376 g/mol. The molecule has 2 aliphatic rings. The molecule has 2 aromatic carbocycles. The molecule has 0 unspecified atom stereocenters. The lowest BCUT2D eigenvalue weighted by Crippen LogP contribution is -2.48. The highest BCUT2D eigenvalue weighted by Gasteiger charge is 2.29. The molecule has 1 heterocycles. The molecule has 0 bridgehead atoms. The van der Waals surface area contributed by atoms with Gasteiger partial charge in [-0.05, 0) is 49.2 Å². The summed E-state index contributed by atoms with van der Waals surface area (Å²) in [7, 11) is 0. The fourth-order valence-corrected chi connectivity index (χ4v) is 3.67. The Balaban J connectivity index is 1.31. The van der Waals surface area contributed by atoms with Crippen molar-refractivity contribution in [1.82, 2.24) is 4.90 Å². The van der Waals surface area contributed by atoms with Gasteiger partial charge in [0, 0.05) is 37.7 Å². The van der Waals surface area contributed by atoms with Crippen LogP contribution in [0, 0.1) is 5.92 Å². The maximum Gasteiger partial charge on any atom is 0.253 e. The second kappa shape index (κ2) is 8.23. The first kappa shape index (κ1) is 18.8. The number of hydrogen-bond donors (Lipinski definition) is 0. The Morgan fingerprint density at radius 3 is 2.29 bits per heavy atom. The van der Waals surface area contributed by atoms with Gasteiger partial charge >= 0.3 is 0 Å². The van der Waals surface area contributed by atoms with E-state index in [1.165, 1.54) is 0 Å². The molecular formula is C22H23ClN2O3. The average Bonchev–Trinajstić information content (AvgIpc) is 3.58. The molecule has 1 saturated heterocycles. The van der Waals surface area contributed by atoms with Crippen molar-refractivity contribution in [2.45, 2.75) is 12.8 Å². The molecule has 28 heavy (non-hydrogen) atoms. The van der Waals surface area contributed by atoms with Crippen LogP contribution in [0.15, 0.2) is 48.5 Å². The van der Waals surface area contributed by atoms with E-state index in [0.717, 1.165) is 36.6 Å². The number of carbonyl (C=O) groups is 2. The number of ether oxygens (including phenoxy) is 1. The van der Waals surface area contributed by atoms with Gasteiger partial charge in [-0.25, -0.2) is 0 Å². The SMILES string of the molecule is O=C(COc1ccc(C(=O)N2CCN(c3ccccc3Cl)CC2)cc1)C1CC1. The van der Waals surface area contributed by atoms with Gasteiger partial charge in [-0.3, -0.25) is 9.59 Å². The number of rotatable bonds is 6. The molecule has 0 spiro atoms. The van der Waals surface area contributed by atoms with Gasteiger partial charge in [-0.15, -0.1) is 0 Å². The first-order valence-electron chi connectivity index (χ1n) is 9.66. The number of halogens is 1. The molecule has 5 nitrogen and oxygen atoms in total. The highest BCUT2D eigenvalue weighted by atomic mass is 35.5. The number of carbonyl (C=O) groups excluding carboxylic acids is 2. The number of benzene rings is 2. The third kappa shape index (κ3) is 4.30. The number of Topliss-reactive ketones (excluding diaryl/α,β-unsaturated/α-hetero) is 1. The summed E-state index contributed by atoms with van der Waals surface area (Å²) >= 11 is 6.28. The standard InChI is InChI=1S/C22H23ClN2O3/c23-19-3-1-2-4-20(19)24-11-13-25(14-12-24)22(27)17-7-9-18(10-8-17)28-15-21(26)16-5-6-16/h1-4,7-10,16H,5-6,11-15H2. The van der Waals surface area contributed by atoms with E-state index in [4.69, 9.17) is 16.3 Å². The Morgan fingerprint density at radius 1 is 0.964 bits per heavy atom. The van der Waals surface area contributed by atoms with E-state index < -0.39 is 0 Å². The van der Waals surface area contributed by atoms with Crippen LogP contribution in [0.1, 0.15) is 23.2 Å². The molecule has 2 fully saturated rings. The van der Waals surface area contributed by atoms with Gasteiger partial charge in [0.15, 0.2) is 5.78 Å². The zero-order chi connectivity index (χ0) is 19.5. The largest absolute Gasteiger partial charge is 0.486 e. The van der Waals surface area contributed by atoms with Gasteiger partial charge in [0.25, 0.3) is 5.91 Å². The zero-order valence-electron chi connectivity index (χ0n) is 15.6. The maximum absolute atomic E-state index is 12.8. The Kier molecular flexibility index (Phi) is 5.53. The van der Waals surface area contributed by atoms with E-state index in [0.29, 0.717) is 24.4 Å². The first-order valence-corrected chi connectivity index (χ1v) is 10.0. The monoisotopic (exact) mass is 398 g/mol. The van der Waals surface area contributed by atoms with Crippen LogP contribution >= 0.6 is 11.6 Å². The summed E-state index contributed by atoms with van der Waals surface area (Å²) in [6.45, 7) is 2.91. The van der Waals surface area contributed by atoms with Crippen molar-refractivity contribution in [3.05, 3.63) is 59.1 Å². The normalized spacial score (nSPS) is 16.8. The molecule has 0 aromatic heterocycles. The van der Waals surface area contributed by atoms with Crippen molar-refractivity contribution in [2.75, 3.05) is 37.7 Å². The van der Waals surface area contributed by atoms with Crippen molar-refractivity contribution in [2.24, 2.45) is 5.92 Å². The summed E-state index contributed by atoms with van der Waals surface area (Å²) in [5.74, 6) is 0.996. The summed E-state index contributed by atoms with van der Waals surface area (Å²) in [5, 5.41) is 0.734. The zero-order valence-corrected chi connectivity index (χ0v) is 16.4. The fraction of sp³-hybridized carbons (Fsp3) is 0.364. The highest BCUT2D eigenvalue weighted by molar-refractivity contribution is 6.33. The number of piperazine rings is 1. The third-order valence-electron chi connectivity index (χ3n) is 5.28. The minimum absolute atomic E-state index is 0.0133. The van der Waals surface area contributed by atoms with E-state index in [1.807, 2.05) is 29.2 Å². The summed E-state index contributed by atoms with van der Waals surface area (Å²) in [6.07, 6.45) is 1.97. The van der Waals surface area contributed by atoms with Crippen molar-refractivity contribution < 1.29 is 14.3 Å². The lowest BCUT2D eigenvalue weighted by Gasteiger charge is -2.36. The van der Waals surface area contributed by atoms with Gasteiger partial charge in [-0.1, -0.05) is 23.7 Å². The Bertz CT molecular complexity index is 856. The molecule has 146 valence electrons. The van der Waals surface area contributed by atoms with Crippen LogP contribution in [0.2, 0.25) is 5.02 Å². The Labute approximate surface area is 169 Å². The van der Waals surface area contributed by atoms with Crippen molar-refractivity contribution in [3.63, 3.8) is 0 Å². The lowest BCUT2D eigenvalue weighted by molar-refractivity contribution is -0.122. The molecule has 1 aliphatic heterocycles. The summed E-state index contributed by atoms with van der Waals surface area (Å²) in [6, 6.07) is 14.8. The lowest BCUT2D eigenvalue weighted by atomic mass is 10.1. The highest BCUT2D eigenvalue weighted by Crippen LogP contribution is 2.30. The number of nitrogens with zero attached hydrogens (tertiary/aromatic N) is 2. The molecule has 0 radical (unpaired) electrons. The molecule has 4 rings (SSSR count). The van der Waals surface area contributed by atoms with Gasteiger partial charge in [0.05, 0.1) is 10.7 Å². The number of para-hydroxylation sites is 1. The molecule has 1 aliphatic carbocycles. The summed E-state index contributed by atoms with van der Waals surface area (Å²) < 4.78 is 5.53. The van der Waals surface area contributed by atoms with Crippen LogP contribution in [-0.4, -0.2) is 49.4 Å². The molecule has 1 amide bonds. The predicted octanol–water partition coefficient (Wildman–Crippen LogP) is 3.66. The van der Waals surface area contributed by atoms with Gasteiger partial charge in [0.2, 0.25) is 0 Å². The predicted molar refractivity (Wildman–Crippen MR) is 109 cm³/mol. The first-order chi connectivity index (χ1) is 13.6. The molecule has 0 atom stereocenters. The van der Waals surface area contributed by atoms with Crippen LogP contribution in [0.4, 0.5) is 5.69 Å². The van der Waals surface area contributed by atoms with Crippen molar-refractivity contribution in [3.8, 4) is 5.75 Å². The van der Waals surface area contributed by atoms with Crippen LogP contribution in [0.25, 0.3) is 0 Å². The smallest absolute Gasteiger partial charge is 0.253 e. The quantitative estimate of drug-likeness (QED) is 0.745. The number of hydrogen-bond acceptors (Lipinski definition) is 4. The van der Waals surface area contributed by atoms with Crippen LogP contribution in [-0.2, 0) is 4.79 Å². The summed E-state index contributed by atoms with van der Waals surface area (Å²) in [4.78, 5) is 28.6. The third-order valence-corrected chi connectivity index (χ3v) is 5.59. The van der Waals surface area contributed by atoms with Gasteiger partial charge in [0.1, 0.15) is 12.4 Å². The van der Waals surface area contributed by atoms with Gasteiger partial charge < -0.3 is 14.5 Å². The topological polar surface area (TPSA) is 49.9 Å². The Morgan fingerprint density at radius 2 is 1.64 bits per heavy atom. The number of ketones is 1. The molecule has 0 N–H and O–H groups in total. The minimum Gasteiger partial charge on any atom is -0.486 e. The number of amides is 1. The fourth-order valence-electron chi connectivity index (χ4n) is 3.41. The second-order valence-electron chi connectivity index (χ2n) is 7.28. The van der Waals surface area contributed by atoms with Crippen LogP contribution in [0.3, 0.4) is 0 Å². The average molecular weight is 399 g/mol. The molecule has 6 heteroatoms. The Hall–Kier alpha value is -2.53. The van der Waals surface area contributed by atoms with Crippen molar-refractivity contribution >= 4 is 29.0 Å². The van der Waals surface area contributed by atoms with Crippen LogP contribution in [0.5, 0.6) is 5.75 Å². The van der Waals surface area contributed by atoms with Crippen LogP contribution < -0.4 is 9.64 Å². The van der Waals surface area contributed by atoms with E-state index in [1.54, 1.807) is 24.3 Å². The van der Waals surface area contributed by atoms with E-state index in [9.17, 15) is 9.59 Å². The number of anilines is 1. The summed E-state index contributed by atoms with van der Waals surface area (Å²) in [5.41, 5.74) is 1.64. The molecule has 1 saturated carbocycles. The second-order valence-corrected chi connectivity index (χ2v) is 7.69. The maximum atomic E-state index is 12.8. The molecule has 2 aromatic rings. The van der Waals surface area contributed by atoms with Crippen molar-refractivity contribution in [1.29, 1.82) is 0 Å². The van der Waals surface area contributed by atoms with E-state index >= 15 is 0 Å². The van der Waals surface area contributed by atoms with E-state index in [-0.39, 0.29) is 24.2 Å². The van der Waals surface area contributed by atoms with Gasteiger partial charge in [-0.2, -0.15) is 0 Å².